The highest BCUT2D eigenvalue weighted by Gasteiger charge is 2.26. The molecule has 96 valence electrons. The molecule has 18 heavy (non-hydrogen) atoms. The van der Waals surface area contributed by atoms with Gasteiger partial charge in [0.15, 0.2) is 11.9 Å². The van der Waals surface area contributed by atoms with E-state index in [-0.39, 0.29) is 11.7 Å². The standard InChI is InChI=1S/C14H17NO3/c1-9(16)12-5-3-4-6-13(12)18-10(2)14(17)15-11-7-8-11/h3-6,10-11H,7-8H2,1-2H3,(H,15,17). The Bertz CT molecular complexity index is 466. The summed E-state index contributed by atoms with van der Waals surface area (Å²) in [6.45, 7) is 3.17. The SMILES string of the molecule is CC(=O)c1ccccc1OC(C)C(=O)NC1CC1. The van der Waals surface area contributed by atoms with Crippen molar-refractivity contribution in [2.45, 2.75) is 38.8 Å². The lowest BCUT2D eigenvalue weighted by Crippen LogP contribution is -2.37. The van der Waals surface area contributed by atoms with E-state index in [4.69, 9.17) is 4.74 Å². The molecule has 0 heterocycles. The van der Waals surface area contributed by atoms with Crippen LogP contribution >= 0.6 is 0 Å². The summed E-state index contributed by atoms with van der Waals surface area (Å²) in [7, 11) is 0. The maximum Gasteiger partial charge on any atom is 0.260 e. The number of hydrogen-bond acceptors (Lipinski definition) is 3. The van der Waals surface area contributed by atoms with Crippen molar-refractivity contribution in [1.82, 2.24) is 5.32 Å². The molecule has 1 saturated carbocycles. The van der Waals surface area contributed by atoms with Crippen LogP contribution in [0.15, 0.2) is 24.3 Å². The Kier molecular flexibility index (Phi) is 3.65. The number of Topliss-reactive ketones (excluding diaryl/α,β-unsaturated/α-hetero) is 1. The zero-order valence-electron chi connectivity index (χ0n) is 10.6. The molecule has 1 aromatic carbocycles. The number of carbonyl (C=O) groups is 2. The van der Waals surface area contributed by atoms with Crippen LogP contribution in [0.3, 0.4) is 0 Å². The number of hydrogen-bond donors (Lipinski definition) is 1. The van der Waals surface area contributed by atoms with E-state index in [2.05, 4.69) is 5.32 Å². The summed E-state index contributed by atoms with van der Waals surface area (Å²) in [5.41, 5.74) is 0.503. The summed E-state index contributed by atoms with van der Waals surface area (Å²) in [4.78, 5) is 23.2. The summed E-state index contributed by atoms with van der Waals surface area (Å²) in [6.07, 6.45) is 1.50. The Morgan fingerprint density at radius 1 is 1.33 bits per heavy atom. The quantitative estimate of drug-likeness (QED) is 0.809. The molecule has 1 unspecified atom stereocenters. The van der Waals surface area contributed by atoms with E-state index in [9.17, 15) is 9.59 Å². The van der Waals surface area contributed by atoms with E-state index < -0.39 is 6.10 Å². The molecule has 1 aromatic rings. The van der Waals surface area contributed by atoms with Crippen LogP contribution in [0.25, 0.3) is 0 Å². The van der Waals surface area contributed by atoms with Gasteiger partial charge in [0.2, 0.25) is 0 Å². The first kappa shape index (κ1) is 12.6. The summed E-state index contributed by atoms with van der Waals surface area (Å²) in [6, 6.07) is 7.28. The van der Waals surface area contributed by atoms with Crippen molar-refractivity contribution < 1.29 is 14.3 Å². The third-order valence-electron chi connectivity index (χ3n) is 2.86. The molecule has 0 bridgehead atoms. The normalized spacial score (nSPS) is 15.9. The summed E-state index contributed by atoms with van der Waals surface area (Å²) >= 11 is 0. The predicted molar refractivity (Wildman–Crippen MR) is 67.7 cm³/mol. The molecule has 0 spiro atoms. The minimum absolute atomic E-state index is 0.0691. The highest BCUT2D eigenvalue weighted by Crippen LogP contribution is 2.21. The average Bonchev–Trinajstić information content (AvgIpc) is 3.13. The number of amides is 1. The van der Waals surface area contributed by atoms with Gasteiger partial charge < -0.3 is 10.1 Å². The second-order valence-corrected chi connectivity index (χ2v) is 4.60. The lowest BCUT2D eigenvalue weighted by molar-refractivity contribution is -0.127. The van der Waals surface area contributed by atoms with Gasteiger partial charge in [0.05, 0.1) is 5.56 Å². The third-order valence-corrected chi connectivity index (χ3v) is 2.86. The number of ether oxygens (including phenoxy) is 1. The van der Waals surface area contributed by atoms with E-state index >= 15 is 0 Å². The fourth-order valence-corrected chi connectivity index (χ4v) is 1.65. The maximum atomic E-state index is 11.8. The van der Waals surface area contributed by atoms with Crippen molar-refractivity contribution in [3.8, 4) is 5.75 Å². The zero-order valence-corrected chi connectivity index (χ0v) is 10.6. The van der Waals surface area contributed by atoms with Crippen LogP contribution in [0, 0.1) is 0 Å². The van der Waals surface area contributed by atoms with Crippen LogP contribution in [0.5, 0.6) is 5.75 Å². The molecule has 0 aromatic heterocycles. The van der Waals surface area contributed by atoms with Crippen LogP contribution in [-0.4, -0.2) is 23.8 Å². The minimum atomic E-state index is -0.592. The molecule has 1 N–H and O–H groups in total. The number of para-hydroxylation sites is 1. The molecule has 0 saturated heterocycles. The van der Waals surface area contributed by atoms with Gasteiger partial charge in [-0.2, -0.15) is 0 Å². The van der Waals surface area contributed by atoms with Crippen LogP contribution in [0.1, 0.15) is 37.0 Å². The first-order valence-electron chi connectivity index (χ1n) is 6.15. The molecule has 1 amide bonds. The number of nitrogens with one attached hydrogen (secondary N) is 1. The monoisotopic (exact) mass is 247 g/mol. The highest BCUT2D eigenvalue weighted by atomic mass is 16.5. The van der Waals surface area contributed by atoms with Gasteiger partial charge >= 0.3 is 0 Å². The van der Waals surface area contributed by atoms with Crippen molar-refractivity contribution in [3.63, 3.8) is 0 Å². The Balaban J connectivity index is 2.03. The Morgan fingerprint density at radius 2 is 2.00 bits per heavy atom. The number of carbonyl (C=O) groups excluding carboxylic acids is 2. The molecule has 1 atom stereocenters. The average molecular weight is 247 g/mol. The van der Waals surface area contributed by atoms with Crippen LogP contribution in [0.4, 0.5) is 0 Å². The van der Waals surface area contributed by atoms with Crippen LogP contribution < -0.4 is 10.1 Å². The van der Waals surface area contributed by atoms with Crippen LogP contribution in [-0.2, 0) is 4.79 Å². The van der Waals surface area contributed by atoms with Crippen molar-refractivity contribution in [1.29, 1.82) is 0 Å². The lowest BCUT2D eigenvalue weighted by atomic mass is 10.1. The Morgan fingerprint density at radius 3 is 2.61 bits per heavy atom. The smallest absolute Gasteiger partial charge is 0.260 e. The molecule has 0 aliphatic heterocycles. The predicted octanol–water partition coefficient (Wildman–Crippen LogP) is 1.94. The van der Waals surface area contributed by atoms with Crippen molar-refractivity contribution in [2.75, 3.05) is 0 Å². The zero-order chi connectivity index (χ0) is 13.1. The van der Waals surface area contributed by atoms with Gasteiger partial charge in [-0.05, 0) is 38.8 Å². The fraction of sp³-hybridized carbons (Fsp3) is 0.429. The van der Waals surface area contributed by atoms with E-state index in [1.54, 1.807) is 31.2 Å². The molecule has 1 aliphatic rings. The van der Waals surface area contributed by atoms with Crippen molar-refractivity contribution >= 4 is 11.7 Å². The number of rotatable bonds is 5. The molecule has 2 rings (SSSR count). The number of benzene rings is 1. The van der Waals surface area contributed by atoms with E-state index in [0.29, 0.717) is 17.4 Å². The van der Waals surface area contributed by atoms with Gasteiger partial charge in [-0.1, -0.05) is 12.1 Å². The molecule has 1 aliphatic carbocycles. The molecule has 4 heteroatoms. The Hall–Kier alpha value is -1.84. The van der Waals surface area contributed by atoms with E-state index in [0.717, 1.165) is 12.8 Å². The third kappa shape index (κ3) is 3.09. The number of ketones is 1. The van der Waals surface area contributed by atoms with Crippen LogP contribution in [0.2, 0.25) is 0 Å². The first-order valence-corrected chi connectivity index (χ1v) is 6.15. The molecule has 1 fully saturated rings. The minimum Gasteiger partial charge on any atom is -0.480 e. The van der Waals surface area contributed by atoms with Crippen molar-refractivity contribution in [2.24, 2.45) is 0 Å². The summed E-state index contributed by atoms with van der Waals surface area (Å²) in [5.74, 6) is 0.264. The van der Waals surface area contributed by atoms with Gasteiger partial charge in [-0.15, -0.1) is 0 Å². The second kappa shape index (κ2) is 5.21. The second-order valence-electron chi connectivity index (χ2n) is 4.60. The maximum absolute atomic E-state index is 11.8. The Labute approximate surface area is 106 Å². The summed E-state index contributed by atoms with van der Waals surface area (Å²) in [5, 5.41) is 2.87. The molecule has 0 radical (unpaired) electrons. The lowest BCUT2D eigenvalue weighted by Gasteiger charge is -2.16. The molecule has 4 nitrogen and oxygen atoms in total. The molecular weight excluding hydrogens is 230 g/mol. The van der Waals surface area contributed by atoms with Crippen molar-refractivity contribution in [3.05, 3.63) is 29.8 Å². The van der Waals surface area contributed by atoms with Gasteiger partial charge in [0.25, 0.3) is 5.91 Å². The van der Waals surface area contributed by atoms with Gasteiger partial charge in [-0.3, -0.25) is 9.59 Å². The fourth-order valence-electron chi connectivity index (χ4n) is 1.65. The summed E-state index contributed by atoms with van der Waals surface area (Å²) < 4.78 is 5.56. The largest absolute Gasteiger partial charge is 0.480 e. The highest BCUT2D eigenvalue weighted by molar-refractivity contribution is 5.96. The first-order chi connectivity index (χ1) is 8.58. The van der Waals surface area contributed by atoms with Gasteiger partial charge in [0, 0.05) is 6.04 Å². The van der Waals surface area contributed by atoms with Gasteiger partial charge in [0.1, 0.15) is 5.75 Å². The van der Waals surface area contributed by atoms with Gasteiger partial charge in [-0.25, -0.2) is 0 Å². The topological polar surface area (TPSA) is 55.4 Å². The molecular formula is C14H17NO3. The van der Waals surface area contributed by atoms with E-state index in [1.165, 1.54) is 6.92 Å². The van der Waals surface area contributed by atoms with E-state index in [1.807, 2.05) is 0 Å².